The van der Waals surface area contributed by atoms with Gasteiger partial charge in [-0.05, 0) is 56.0 Å². The van der Waals surface area contributed by atoms with E-state index in [9.17, 15) is 4.79 Å². The first-order valence-electron chi connectivity index (χ1n) is 9.12. The highest BCUT2D eigenvalue weighted by Crippen LogP contribution is 2.24. The number of carbonyl (C=O) groups excluding carboxylic acids is 1. The number of amides is 1. The number of anilines is 2. The number of rotatable bonds is 6. The molecule has 0 aliphatic carbocycles. The van der Waals surface area contributed by atoms with E-state index < -0.39 is 0 Å². The Morgan fingerprint density at radius 2 is 1.61 bits per heavy atom. The summed E-state index contributed by atoms with van der Waals surface area (Å²) in [6.07, 6.45) is 3.80. The Balaban J connectivity index is 1.57. The lowest BCUT2D eigenvalue weighted by Crippen LogP contribution is -2.26. The summed E-state index contributed by atoms with van der Waals surface area (Å²) < 4.78 is 0. The monoisotopic (exact) mass is 394 g/mol. The molecule has 0 saturated carbocycles. The number of hydrogen-bond donors (Lipinski definition) is 2. The van der Waals surface area contributed by atoms with Gasteiger partial charge in [-0.3, -0.25) is 4.79 Å². The van der Waals surface area contributed by atoms with Gasteiger partial charge in [0.25, 0.3) is 5.91 Å². The van der Waals surface area contributed by atoms with Gasteiger partial charge in [-0.1, -0.05) is 41.4 Å². The van der Waals surface area contributed by atoms with Crippen LogP contribution in [0.5, 0.6) is 0 Å². The molecular weight excluding hydrogens is 372 g/mol. The second-order valence-electron chi connectivity index (χ2n) is 6.83. The van der Waals surface area contributed by atoms with Gasteiger partial charge < -0.3 is 10.6 Å². The summed E-state index contributed by atoms with van der Waals surface area (Å²) in [5.41, 5.74) is 6.01. The molecule has 0 unspecified atom stereocenters. The van der Waals surface area contributed by atoms with Gasteiger partial charge in [0, 0.05) is 29.6 Å². The van der Waals surface area contributed by atoms with Crippen molar-refractivity contribution in [3.8, 4) is 0 Å². The summed E-state index contributed by atoms with van der Waals surface area (Å²) in [6, 6.07) is 11.8. The predicted molar refractivity (Wildman–Crippen MR) is 113 cm³/mol. The third-order valence-electron chi connectivity index (χ3n) is 4.44. The first-order valence-corrected chi connectivity index (χ1v) is 9.50. The second-order valence-corrected chi connectivity index (χ2v) is 7.26. The fourth-order valence-corrected chi connectivity index (χ4v) is 3.20. The maximum Gasteiger partial charge on any atom is 0.254 e. The van der Waals surface area contributed by atoms with E-state index in [1.807, 2.05) is 38.1 Å². The number of aromatic nitrogens is 2. The summed E-state index contributed by atoms with van der Waals surface area (Å²) >= 11 is 5.88. The molecule has 2 aromatic carbocycles. The van der Waals surface area contributed by atoms with E-state index in [4.69, 9.17) is 11.6 Å². The van der Waals surface area contributed by atoms with Crippen LogP contribution in [0.2, 0.25) is 5.02 Å². The molecule has 1 amide bonds. The van der Waals surface area contributed by atoms with Gasteiger partial charge in [0.05, 0.1) is 5.56 Å². The fraction of sp³-hybridized carbons (Fsp3) is 0.227. The van der Waals surface area contributed by atoms with Crippen LogP contribution in [-0.4, -0.2) is 22.4 Å². The lowest BCUT2D eigenvalue weighted by atomic mass is 10.1. The summed E-state index contributed by atoms with van der Waals surface area (Å²) in [4.78, 5) is 20.8. The molecule has 5 nitrogen and oxygen atoms in total. The summed E-state index contributed by atoms with van der Waals surface area (Å²) in [5.74, 6) is 0.274. The van der Waals surface area contributed by atoms with Crippen LogP contribution in [0.15, 0.2) is 48.8 Å². The molecule has 0 bridgehead atoms. The number of benzene rings is 2. The van der Waals surface area contributed by atoms with Crippen molar-refractivity contribution in [2.75, 3.05) is 11.9 Å². The van der Waals surface area contributed by atoms with Gasteiger partial charge in [0.1, 0.15) is 0 Å². The third kappa shape index (κ3) is 5.08. The maximum atomic E-state index is 12.3. The molecule has 0 spiro atoms. The van der Waals surface area contributed by atoms with E-state index in [1.165, 1.54) is 18.0 Å². The Kier molecular flexibility index (Phi) is 6.26. The van der Waals surface area contributed by atoms with Crippen molar-refractivity contribution in [3.05, 3.63) is 81.6 Å². The molecule has 0 aliphatic rings. The van der Waals surface area contributed by atoms with E-state index in [0.29, 0.717) is 23.1 Å². The average Bonchev–Trinajstić information content (AvgIpc) is 2.66. The number of halogens is 1. The van der Waals surface area contributed by atoms with E-state index >= 15 is 0 Å². The van der Waals surface area contributed by atoms with Crippen molar-refractivity contribution in [2.24, 2.45) is 0 Å². The molecule has 0 atom stereocenters. The Labute approximate surface area is 170 Å². The summed E-state index contributed by atoms with van der Waals surface area (Å²) in [6.45, 7) is 6.69. The minimum Gasteiger partial charge on any atom is -0.352 e. The van der Waals surface area contributed by atoms with Crippen LogP contribution in [0.25, 0.3) is 0 Å². The molecule has 1 heterocycles. The number of hydrogen-bond acceptors (Lipinski definition) is 4. The van der Waals surface area contributed by atoms with Gasteiger partial charge in [0.15, 0.2) is 0 Å². The molecule has 0 saturated heterocycles. The zero-order chi connectivity index (χ0) is 20.1. The molecular formula is C22H23ClN4O. The Morgan fingerprint density at radius 3 is 2.21 bits per heavy atom. The zero-order valence-electron chi connectivity index (χ0n) is 16.2. The molecule has 28 heavy (non-hydrogen) atoms. The van der Waals surface area contributed by atoms with Crippen LogP contribution < -0.4 is 10.6 Å². The maximum absolute atomic E-state index is 12.3. The van der Waals surface area contributed by atoms with Crippen LogP contribution in [0.1, 0.15) is 32.6 Å². The zero-order valence-corrected chi connectivity index (χ0v) is 17.0. The van der Waals surface area contributed by atoms with Crippen molar-refractivity contribution in [1.82, 2.24) is 15.3 Å². The van der Waals surface area contributed by atoms with E-state index in [0.717, 1.165) is 28.8 Å². The molecule has 2 N–H and O–H groups in total. The van der Waals surface area contributed by atoms with Gasteiger partial charge >= 0.3 is 0 Å². The SMILES string of the molecule is Cc1cc(C)c(Nc2ncc(C(=O)NCCc3ccc(Cl)cc3)cn2)c(C)c1. The quantitative estimate of drug-likeness (QED) is 0.631. The highest BCUT2D eigenvalue weighted by atomic mass is 35.5. The number of nitrogens with zero attached hydrogens (tertiary/aromatic N) is 2. The lowest BCUT2D eigenvalue weighted by Gasteiger charge is -2.12. The Morgan fingerprint density at radius 1 is 1.00 bits per heavy atom. The van der Waals surface area contributed by atoms with Gasteiger partial charge in [0.2, 0.25) is 5.95 Å². The first-order chi connectivity index (χ1) is 13.4. The van der Waals surface area contributed by atoms with E-state index in [1.54, 1.807) is 0 Å². The van der Waals surface area contributed by atoms with Crippen LogP contribution >= 0.6 is 11.6 Å². The van der Waals surface area contributed by atoms with Crippen molar-refractivity contribution >= 4 is 29.1 Å². The number of aryl methyl sites for hydroxylation is 3. The smallest absolute Gasteiger partial charge is 0.254 e. The van der Waals surface area contributed by atoms with E-state index in [2.05, 4.69) is 39.7 Å². The number of carbonyl (C=O) groups is 1. The number of nitrogens with one attached hydrogen (secondary N) is 2. The molecule has 3 rings (SSSR count). The lowest BCUT2D eigenvalue weighted by molar-refractivity contribution is 0.0953. The second kappa shape index (κ2) is 8.85. The normalized spacial score (nSPS) is 10.6. The molecule has 0 fully saturated rings. The molecule has 1 aromatic heterocycles. The largest absolute Gasteiger partial charge is 0.352 e. The van der Waals surface area contributed by atoms with E-state index in [-0.39, 0.29) is 5.91 Å². The predicted octanol–water partition coefficient (Wildman–Crippen LogP) is 4.77. The van der Waals surface area contributed by atoms with Crippen LogP contribution in [0.3, 0.4) is 0 Å². The van der Waals surface area contributed by atoms with Crippen LogP contribution in [0.4, 0.5) is 11.6 Å². The van der Waals surface area contributed by atoms with Crippen molar-refractivity contribution < 1.29 is 4.79 Å². The Hall–Kier alpha value is -2.92. The summed E-state index contributed by atoms with van der Waals surface area (Å²) in [7, 11) is 0. The highest BCUT2D eigenvalue weighted by Gasteiger charge is 2.09. The minimum absolute atomic E-state index is 0.191. The third-order valence-corrected chi connectivity index (χ3v) is 4.69. The topological polar surface area (TPSA) is 66.9 Å². The van der Waals surface area contributed by atoms with Crippen molar-refractivity contribution in [3.63, 3.8) is 0 Å². The first kappa shape index (κ1) is 19.8. The van der Waals surface area contributed by atoms with Crippen molar-refractivity contribution in [2.45, 2.75) is 27.2 Å². The average molecular weight is 395 g/mol. The van der Waals surface area contributed by atoms with Crippen LogP contribution in [-0.2, 0) is 6.42 Å². The molecule has 3 aromatic rings. The minimum atomic E-state index is -0.191. The van der Waals surface area contributed by atoms with Gasteiger partial charge in [-0.15, -0.1) is 0 Å². The Bertz CT molecular complexity index is 946. The summed E-state index contributed by atoms with van der Waals surface area (Å²) in [5, 5.41) is 6.83. The molecule has 0 aliphatic heterocycles. The highest BCUT2D eigenvalue weighted by molar-refractivity contribution is 6.30. The molecule has 6 heteroatoms. The van der Waals surface area contributed by atoms with Gasteiger partial charge in [-0.2, -0.15) is 0 Å². The van der Waals surface area contributed by atoms with Gasteiger partial charge in [-0.25, -0.2) is 9.97 Å². The standard InChI is InChI=1S/C22H23ClN4O/c1-14-10-15(2)20(16(3)11-14)27-22-25-12-18(13-26-22)21(28)24-9-8-17-4-6-19(23)7-5-17/h4-7,10-13H,8-9H2,1-3H3,(H,24,28)(H,25,26,27). The van der Waals surface area contributed by atoms with Crippen molar-refractivity contribution in [1.29, 1.82) is 0 Å². The van der Waals surface area contributed by atoms with Crippen LogP contribution in [0, 0.1) is 20.8 Å². The fourth-order valence-electron chi connectivity index (χ4n) is 3.07. The molecule has 144 valence electrons. The molecule has 0 radical (unpaired) electrons.